The maximum absolute atomic E-state index is 12.3. The maximum atomic E-state index is 12.3. The smallest absolute Gasteiger partial charge is 0.257 e. The minimum absolute atomic E-state index is 0.0471. The van der Waals surface area contributed by atoms with Crippen LogP contribution in [-0.2, 0) is 9.53 Å². The van der Waals surface area contributed by atoms with Crippen LogP contribution in [-0.4, -0.2) is 43.9 Å². The van der Waals surface area contributed by atoms with E-state index in [1.165, 1.54) is 0 Å². The zero-order valence-electron chi connectivity index (χ0n) is 17.6. The molecule has 2 amide bonds. The van der Waals surface area contributed by atoms with Gasteiger partial charge in [-0.2, -0.15) is 0 Å². The van der Waals surface area contributed by atoms with Gasteiger partial charge in [0.2, 0.25) is 5.91 Å². The molecule has 0 aliphatic rings. The van der Waals surface area contributed by atoms with Crippen molar-refractivity contribution in [1.29, 1.82) is 0 Å². The van der Waals surface area contributed by atoms with Gasteiger partial charge in [0.15, 0.2) is 5.11 Å². The molecule has 0 unspecified atom stereocenters. The highest BCUT2D eigenvalue weighted by atomic mass is 79.9. The summed E-state index contributed by atoms with van der Waals surface area (Å²) in [6.07, 6.45) is 0.616. The zero-order valence-corrected chi connectivity index (χ0v) is 21.5. The Morgan fingerprint density at radius 3 is 2.42 bits per heavy atom. The highest BCUT2D eigenvalue weighted by Crippen LogP contribution is 2.28. The molecule has 178 valence electrons. The molecule has 2 aromatic rings. The van der Waals surface area contributed by atoms with Crippen LogP contribution in [0.1, 0.15) is 23.2 Å². The molecule has 8 nitrogen and oxygen atoms in total. The Kier molecular flexibility index (Phi) is 11.7. The van der Waals surface area contributed by atoms with E-state index in [0.717, 1.165) is 0 Å². The number of rotatable bonds is 10. The molecule has 0 aliphatic heterocycles. The van der Waals surface area contributed by atoms with E-state index in [1.807, 2.05) is 0 Å². The normalized spacial score (nSPS) is 10.3. The Labute approximate surface area is 215 Å². The summed E-state index contributed by atoms with van der Waals surface area (Å²) in [5.41, 5.74) is 5.27. The number of nitrogens with one attached hydrogen (secondary N) is 3. The summed E-state index contributed by atoms with van der Waals surface area (Å²) >= 11 is 20.3. The van der Waals surface area contributed by atoms with Gasteiger partial charge in [-0.15, -0.1) is 0 Å². The van der Waals surface area contributed by atoms with E-state index in [9.17, 15) is 9.59 Å². The number of thiocarbonyl (C=S) groups is 1. The predicted octanol–water partition coefficient (Wildman–Crippen LogP) is 4.28. The summed E-state index contributed by atoms with van der Waals surface area (Å²) in [6.45, 7) is 1.12. The SMILES string of the molecule is COCCOc1ccc(C(=O)NC(=S)NNC(=O)CCCOc2ccc(Cl)cc2Cl)cc1Br. The first-order valence-corrected chi connectivity index (χ1v) is 11.6. The molecule has 0 aromatic heterocycles. The minimum Gasteiger partial charge on any atom is -0.492 e. The summed E-state index contributed by atoms with van der Waals surface area (Å²) in [7, 11) is 1.58. The van der Waals surface area contributed by atoms with Crippen LogP contribution in [0.25, 0.3) is 0 Å². The van der Waals surface area contributed by atoms with Gasteiger partial charge in [-0.3, -0.25) is 25.8 Å². The van der Waals surface area contributed by atoms with E-state index in [2.05, 4.69) is 32.1 Å². The highest BCUT2D eigenvalue weighted by Gasteiger charge is 2.12. The molecule has 0 radical (unpaired) electrons. The number of methoxy groups -OCH3 is 1. The Hall–Kier alpha value is -2.11. The third-order valence-corrected chi connectivity index (χ3v) is 5.34. The second-order valence-electron chi connectivity index (χ2n) is 6.47. The molecular weight excluding hydrogens is 557 g/mol. The quantitative estimate of drug-likeness (QED) is 0.220. The van der Waals surface area contributed by atoms with Gasteiger partial charge in [-0.05, 0) is 71.0 Å². The minimum atomic E-state index is -0.445. The van der Waals surface area contributed by atoms with Crippen LogP contribution in [0.15, 0.2) is 40.9 Å². The average molecular weight is 579 g/mol. The number of amides is 2. The van der Waals surface area contributed by atoms with E-state index in [0.29, 0.717) is 51.2 Å². The molecule has 0 atom stereocenters. The van der Waals surface area contributed by atoms with Gasteiger partial charge >= 0.3 is 0 Å². The van der Waals surface area contributed by atoms with Crippen molar-refractivity contribution in [2.24, 2.45) is 0 Å². The van der Waals surface area contributed by atoms with E-state index < -0.39 is 5.91 Å². The predicted molar refractivity (Wildman–Crippen MR) is 134 cm³/mol. The van der Waals surface area contributed by atoms with Crippen molar-refractivity contribution in [3.8, 4) is 11.5 Å². The molecule has 2 rings (SSSR count). The van der Waals surface area contributed by atoms with Crippen molar-refractivity contribution < 1.29 is 23.8 Å². The molecule has 0 fully saturated rings. The van der Waals surface area contributed by atoms with Crippen LogP contribution in [0.4, 0.5) is 0 Å². The third kappa shape index (κ3) is 9.73. The Morgan fingerprint density at radius 2 is 1.73 bits per heavy atom. The van der Waals surface area contributed by atoms with Crippen LogP contribution in [0.3, 0.4) is 0 Å². The van der Waals surface area contributed by atoms with E-state index in [-0.39, 0.29) is 24.0 Å². The van der Waals surface area contributed by atoms with Crippen molar-refractivity contribution >= 4 is 68.3 Å². The van der Waals surface area contributed by atoms with Gasteiger partial charge in [0, 0.05) is 24.1 Å². The number of carbonyl (C=O) groups is 2. The van der Waals surface area contributed by atoms with Gasteiger partial charge in [-0.25, -0.2) is 0 Å². The van der Waals surface area contributed by atoms with Crippen LogP contribution in [0.2, 0.25) is 10.0 Å². The number of hydrogen-bond donors (Lipinski definition) is 3. The number of ether oxygens (including phenoxy) is 3. The Bertz CT molecular complexity index is 996. The number of carbonyl (C=O) groups excluding carboxylic acids is 2. The first-order chi connectivity index (χ1) is 15.8. The fourth-order valence-electron chi connectivity index (χ4n) is 2.40. The van der Waals surface area contributed by atoms with Crippen LogP contribution in [0.5, 0.6) is 11.5 Å². The third-order valence-electron chi connectivity index (χ3n) is 3.98. The largest absolute Gasteiger partial charge is 0.492 e. The molecule has 33 heavy (non-hydrogen) atoms. The number of halogens is 3. The number of hydrazine groups is 1. The summed E-state index contributed by atoms with van der Waals surface area (Å²) < 4.78 is 16.6. The summed E-state index contributed by atoms with van der Waals surface area (Å²) in [6, 6.07) is 9.76. The lowest BCUT2D eigenvalue weighted by Crippen LogP contribution is -2.48. The van der Waals surface area contributed by atoms with Gasteiger partial charge in [0.1, 0.15) is 18.1 Å². The standard InChI is InChI=1S/C21H22BrCl2N3O5S/c1-30-9-10-32-17-6-4-13(11-15(17)22)20(29)25-21(33)27-26-19(28)3-2-8-31-18-7-5-14(23)12-16(18)24/h4-7,11-12H,2-3,8-10H2,1H3,(H,26,28)(H2,25,27,29,33). The van der Waals surface area contributed by atoms with Crippen LogP contribution in [0, 0.1) is 0 Å². The summed E-state index contributed by atoms with van der Waals surface area (Å²) in [5.74, 6) is 0.306. The van der Waals surface area contributed by atoms with E-state index in [1.54, 1.807) is 43.5 Å². The Balaban J connectivity index is 1.68. The lowest BCUT2D eigenvalue weighted by Gasteiger charge is -2.12. The Morgan fingerprint density at radius 1 is 1.00 bits per heavy atom. The second kappa shape index (κ2) is 14.2. The van der Waals surface area contributed by atoms with Crippen molar-refractivity contribution in [1.82, 2.24) is 16.2 Å². The molecular formula is C21H22BrCl2N3O5S. The second-order valence-corrected chi connectivity index (χ2v) is 8.58. The van der Waals surface area contributed by atoms with Gasteiger partial charge in [-0.1, -0.05) is 23.2 Å². The van der Waals surface area contributed by atoms with Crippen molar-refractivity contribution in [2.75, 3.05) is 26.9 Å². The molecule has 0 spiro atoms. The molecule has 0 heterocycles. The molecule has 2 aromatic carbocycles. The number of benzene rings is 2. The summed E-state index contributed by atoms with van der Waals surface area (Å²) in [5, 5.41) is 3.35. The average Bonchev–Trinajstić information content (AvgIpc) is 2.77. The molecule has 0 aliphatic carbocycles. The van der Waals surface area contributed by atoms with Gasteiger partial charge in [0.25, 0.3) is 5.91 Å². The number of hydrogen-bond acceptors (Lipinski definition) is 6. The lowest BCUT2D eigenvalue weighted by atomic mass is 10.2. The maximum Gasteiger partial charge on any atom is 0.257 e. The van der Waals surface area contributed by atoms with Crippen molar-refractivity contribution in [2.45, 2.75) is 12.8 Å². The van der Waals surface area contributed by atoms with Gasteiger partial charge < -0.3 is 14.2 Å². The highest BCUT2D eigenvalue weighted by molar-refractivity contribution is 9.10. The molecule has 0 saturated heterocycles. The van der Waals surface area contributed by atoms with E-state index >= 15 is 0 Å². The first-order valence-electron chi connectivity index (χ1n) is 9.69. The molecule has 0 bridgehead atoms. The van der Waals surface area contributed by atoms with Crippen molar-refractivity contribution in [3.05, 3.63) is 56.5 Å². The zero-order chi connectivity index (χ0) is 24.2. The first kappa shape index (κ1) is 27.1. The molecule has 3 N–H and O–H groups in total. The van der Waals surface area contributed by atoms with Crippen molar-refractivity contribution in [3.63, 3.8) is 0 Å². The molecule has 12 heteroatoms. The summed E-state index contributed by atoms with van der Waals surface area (Å²) in [4.78, 5) is 24.3. The van der Waals surface area contributed by atoms with Gasteiger partial charge in [0.05, 0.1) is 22.7 Å². The van der Waals surface area contributed by atoms with Crippen LogP contribution >= 0.6 is 51.3 Å². The monoisotopic (exact) mass is 577 g/mol. The fourth-order valence-corrected chi connectivity index (χ4v) is 3.50. The van der Waals surface area contributed by atoms with E-state index in [4.69, 9.17) is 49.6 Å². The van der Waals surface area contributed by atoms with Crippen LogP contribution < -0.4 is 25.6 Å². The molecule has 0 saturated carbocycles. The topological polar surface area (TPSA) is 97.9 Å². The lowest BCUT2D eigenvalue weighted by molar-refractivity contribution is -0.121. The fraction of sp³-hybridized carbons (Fsp3) is 0.286.